The van der Waals surface area contributed by atoms with Gasteiger partial charge < -0.3 is 0 Å². The molecule has 2 unspecified atom stereocenters. The van der Waals surface area contributed by atoms with Gasteiger partial charge in [0.05, 0.1) is 0 Å². The molecule has 0 saturated heterocycles. The van der Waals surface area contributed by atoms with Crippen LogP contribution in [0.5, 0.6) is 0 Å². The molecule has 26 heavy (non-hydrogen) atoms. The van der Waals surface area contributed by atoms with Crippen molar-refractivity contribution in [3.63, 3.8) is 0 Å². The van der Waals surface area contributed by atoms with Crippen LogP contribution in [0.3, 0.4) is 0 Å². The number of allylic oxidation sites excluding steroid dienone is 8. The first-order valence-corrected chi connectivity index (χ1v) is 25.0. The Morgan fingerprint density at radius 3 is 1.50 bits per heavy atom. The molecule has 0 aromatic heterocycles. The third-order valence-electron chi connectivity index (χ3n) is 8.87. The van der Waals surface area contributed by atoms with E-state index in [0.717, 1.165) is 7.25 Å². The second-order valence-electron chi connectivity index (χ2n) is 10.8. The normalized spacial score (nSPS) is 29.5. The first-order valence-electron chi connectivity index (χ1n) is 11.1. The standard InChI is InChI=1S/2C10H13.C2H6Si.2CH3.Zr/c2*1-8-6-9-4-2-3-5-10(9)7-8;1-3-2;;;/h2*6-7H,2-5H2,1H3;1-2H3;2*1H3;. The van der Waals surface area contributed by atoms with Crippen LogP contribution in [0.25, 0.3) is 0 Å². The van der Waals surface area contributed by atoms with Gasteiger partial charge in [-0.1, -0.05) is 0 Å². The van der Waals surface area contributed by atoms with Gasteiger partial charge in [0.1, 0.15) is 0 Å². The zero-order valence-electron chi connectivity index (χ0n) is 18.0. The summed E-state index contributed by atoms with van der Waals surface area (Å²) in [6.07, 6.45) is 16.5. The summed E-state index contributed by atoms with van der Waals surface area (Å²) in [5, 5.41) is 0. The molecule has 142 valence electrons. The van der Waals surface area contributed by atoms with Crippen LogP contribution >= 0.6 is 0 Å². The summed E-state index contributed by atoms with van der Waals surface area (Å²) in [5.41, 5.74) is 10.6. The second kappa shape index (κ2) is 6.55. The van der Waals surface area contributed by atoms with E-state index >= 15 is 0 Å². The third-order valence-corrected chi connectivity index (χ3v) is 51.4. The van der Waals surface area contributed by atoms with Crippen molar-refractivity contribution >= 4 is 5.43 Å². The average Bonchev–Trinajstić information content (AvgIpc) is 3.10. The zero-order chi connectivity index (χ0) is 18.7. The maximum atomic E-state index is 2.91. The molecule has 0 nitrogen and oxygen atoms in total. The predicted molar refractivity (Wildman–Crippen MR) is 115 cm³/mol. The van der Waals surface area contributed by atoms with Crippen LogP contribution in [-0.4, -0.2) is 5.43 Å². The van der Waals surface area contributed by atoms with E-state index in [4.69, 9.17) is 0 Å². The molecule has 0 N–H and O–H groups in total. The molecule has 0 bridgehead atoms. The Balaban J connectivity index is 1.95. The van der Waals surface area contributed by atoms with Gasteiger partial charge in [-0.05, 0) is 0 Å². The molecule has 4 aliphatic carbocycles. The van der Waals surface area contributed by atoms with Gasteiger partial charge in [-0.15, -0.1) is 0 Å². The van der Waals surface area contributed by atoms with Gasteiger partial charge in [-0.25, -0.2) is 0 Å². The summed E-state index contributed by atoms with van der Waals surface area (Å²) < 4.78 is 7.57. The molecule has 0 aromatic rings. The van der Waals surface area contributed by atoms with Crippen molar-refractivity contribution in [2.24, 2.45) is 0 Å². The molecule has 0 heterocycles. The average molecular weight is 446 g/mol. The topological polar surface area (TPSA) is 0 Å². The minimum atomic E-state index is -3.11. The van der Waals surface area contributed by atoms with Crippen molar-refractivity contribution in [3.8, 4) is 0 Å². The number of rotatable bonds is 2. The van der Waals surface area contributed by atoms with E-state index in [-0.39, 0.29) is 5.43 Å². The summed E-state index contributed by atoms with van der Waals surface area (Å²) in [6.45, 7) is 10.4. The van der Waals surface area contributed by atoms with E-state index in [0.29, 0.717) is 0 Å². The molecule has 4 aliphatic rings. The molecule has 2 atom stereocenters. The van der Waals surface area contributed by atoms with Gasteiger partial charge in [0.15, 0.2) is 0 Å². The zero-order valence-corrected chi connectivity index (χ0v) is 21.4. The fourth-order valence-electron chi connectivity index (χ4n) is 7.38. The van der Waals surface area contributed by atoms with Crippen LogP contribution in [0, 0.1) is 0 Å². The summed E-state index contributed by atoms with van der Waals surface area (Å²) in [6, 6.07) is 0. The molecule has 0 fully saturated rings. The Kier molecular flexibility index (Phi) is 4.88. The van der Waals surface area contributed by atoms with Crippen molar-refractivity contribution in [2.75, 3.05) is 0 Å². The first kappa shape index (κ1) is 19.4. The molecule has 0 aliphatic heterocycles. The first-order chi connectivity index (χ1) is 12.2. The van der Waals surface area contributed by atoms with E-state index in [1.165, 1.54) is 51.4 Å². The van der Waals surface area contributed by atoms with Crippen molar-refractivity contribution in [3.05, 3.63) is 45.6 Å². The van der Waals surface area contributed by atoms with E-state index in [1.54, 1.807) is 22.3 Å². The van der Waals surface area contributed by atoms with Gasteiger partial charge in [-0.2, -0.15) is 0 Å². The number of hydrogen-bond donors (Lipinski definition) is 0. The fraction of sp³-hybridized carbons (Fsp3) is 0.667. The third kappa shape index (κ3) is 2.61. The van der Waals surface area contributed by atoms with Crippen molar-refractivity contribution in [1.29, 1.82) is 0 Å². The molecular formula is C24H38SiZr. The Morgan fingerprint density at radius 2 is 1.12 bits per heavy atom. The van der Waals surface area contributed by atoms with Gasteiger partial charge in [0.2, 0.25) is 0 Å². The van der Waals surface area contributed by atoms with Crippen LogP contribution in [0.2, 0.25) is 29.6 Å². The maximum absolute atomic E-state index is 3.11. The SMILES string of the molecule is CC1=CC2=C(CCCC2)[CH]1[Zr]([CH3])([CH3])([CH]1C(C)=CC2=C1CCCC2)=[Si](C)C. The summed E-state index contributed by atoms with van der Waals surface area (Å²) >= 11 is -3.11. The van der Waals surface area contributed by atoms with Crippen LogP contribution in [0.4, 0.5) is 0 Å². The van der Waals surface area contributed by atoms with Gasteiger partial charge in [0.25, 0.3) is 0 Å². The molecule has 0 amide bonds. The Morgan fingerprint density at radius 1 is 0.731 bits per heavy atom. The Labute approximate surface area is 162 Å². The van der Waals surface area contributed by atoms with E-state index < -0.39 is 17.4 Å². The van der Waals surface area contributed by atoms with Gasteiger partial charge in [0, 0.05) is 0 Å². The number of hydrogen-bond acceptors (Lipinski definition) is 0. The summed E-state index contributed by atoms with van der Waals surface area (Å²) in [5.74, 6) is 0. The monoisotopic (exact) mass is 444 g/mol. The summed E-state index contributed by atoms with van der Waals surface area (Å²) in [7, 11) is 0. The minimum absolute atomic E-state index is 0.340. The molecule has 2 heteroatoms. The van der Waals surface area contributed by atoms with Crippen molar-refractivity contribution < 1.29 is 17.4 Å². The molecule has 0 aromatic carbocycles. The fourth-order valence-corrected chi connectivity index (χ4v) is 36.8. The molecule has 0 spiro atoms. The van der Waals surface area contributed by atoms with Crippen molar-refractivity contribution in [1.82, 2.24) is 0 Å². The van der Waals surface area contributed by atoms with Crippen LogP contribution in [0.1, 0.15) is 65.2 Å². The predicted octanol–water partition coefficient (Wildman–Crippen LogP) is 8.26. The summed E-state index contributed by atoms with van der Waals surface area (Å²) in [4.78, 5) is 0. The van der Waals surface area contributed by atoms with Crippen LogP contribution in [0.15, 0.2) is 45.6 Å². The van der Waals surface area contributed by atoms with E-state index in [1.807, 2.05) is 11.1 Å². The van der Waals surface area contributed by atoms with Crippen LogP contribution in [-0.2, 0) is 17.4 Å². The van der Waals surface area contributed by atoms with Gasteiger partial charge in [-0.3, -0.25) is 0 Å². The van der Waals surface area contributed by atoms with E-state index in [2.05, 4.69) is 48.4 Å². The van der Waals surface area contributed by atoms with Crippen LogP contribution < -0.4 is 0 Å². The second-order valence-corrected chi connectivity index (χ2v) is 45.1. The van der Waals surface area contributed by atoms with Crippen molar-refractivity contribution in [2.45, 2.75) is 94.8 Å². The van der Waals surface area contributed by atoms with E-state index in [9.17, 15) is 0 Å². The van der Waals surface area contributed by atoms with Gasteiger partial charge >= 0.3 is 163 Å². The molecule has 4 rings (SSSR count). The molecular weight excluding hydrogens is 408 g/mol. The molecule has 0 saturated carbocycles. The molecule has 0 radical (unpaired) electrons. The quantitative estimate of drug-likeness (QED) is 0.375. The Hall–Kier alpha value is 0.0600. The Bertz CT molecular complexity index is 789.